The van der Waals surface area contributed by atoms with Crippen molar-refractivity contribution in [3.63, 3.8) is 0 Å². The third-order valence-electron chi connectivity index (χ3n) is 7.93. The van der Waals surface area contributed by atoms with Gasteiger partial charge in [0.15, 0.2) is 5.13 Å². The van der Waals surface area contributed by atoms with Gasteiger partial charge in [0.25, 0.3) is 0 Å². The van der Waals surface area contributed by atoms with Crippen LogP contribution in [0.2, 0.25) is 0 Å². The summed E-state index contributed by atoms with van der Waals surface area (Å²) in [4.78, 5) is 18.7. The first kappa shape index (κ1) is 28.3. The summed E-state index contributed by atoms with van der Waals surface area (Å²) in [7, 11) is 4.32. The molecule has 0 amide bonds. The first-order chi connectivity index (χ1) is 19.0. The Kier molecular flexibility index (Phi) is 8.83. The Morgan fingerprint density at radius 1 is 0.950 bits per heavy atom. The molecule has 2 aliphatic rings. The Morgan fingerprint density at radius 3 is 2.52 bits per heavy atom. The molecule has 0 bridgehead atoms. The second-order valence-corrected chi connectivity index (χ2v) is 11.8. The number of aliphatic hydroxyl groups is 1. The molecular weight excluding hydrogens is 520 g/mol. The molecule has 8 nitrogen and oxygen atoms in total. The lowest BCUT2D eigenvalue weighted by Gasteiger charge is -2.35. The molecule has 2 fully saturated rings. The number of ether oxygens (including phenoxy) is 1. The standard InChI is InChI=1S/C30H36N6O2S.CH4/c1-35(2)21-11-15-36(16-12-21)29-17-20(9-13-32-29)26-18-23(10-14-31-26)38-22-7-8-25-28(19-22)39-30(34-25)33-24-5-3-4-6-27(24)37;/h7-10,13-14,17-19,21,24,27,37H,3-6,11-12,15-16H2,1-2H3,(H,33,34);1H4/t24-,27-;/m1./s1. The largest absolute Gasteiger partial charge is 0.457 e. The Morgan fingerprint density at radius 2 is 1.73 bits per heavy atom. The van der Waals surface area contributed by atoms with Crippen LogP contribution in [0, 0.1) is 0 Å². The number of nitrogens with one attached hydrogen (secondary N) is 1. The third kappa shape index (κ3) is 6.37. The zero-order valence-corrected chi connectivity index (χ0v) is 23.4. The molecule has 9 heteroatoms. The number of aliphatic hydroxyl groups excluding tert-OH is 1. The van der Waals surface area contributed by atoms with E-state index in [9.17, 15) is 5.11 Å². The first-order valence-corrected chi connectivity index (χ1v) is 14.7. The molecule has 0 unspecified atom stereocenters. The molecular formula is C31H40N6O2S. The van der Waals surface area contributed by atoms with Crippen molar-refractivity contribution in [2.24, 2.45) is 0 Å². The summed E-state index contributed by atoms with van der Waals surface area (Å²) in [5.41, 5.74) is 2.81. The molecule has 1 aliphatic carbocycles. The maximum Gasteiger partial charge on any atom is 0.184 e. The lowest BCUT2D eigenvalue weighted by molar-refractivity contribution is 0.116. The molecule has 0 radical (unpaired) electrons. The summed E-state index contributed by atoms with van der Waals surface area (Å²) < 4.78 is 7.30. The van der Waals surface area contributed by atoms with E-state index in [0.717, 1.165) is 95.5 Å². The van der Waals surface area contributed by atoms with Crippen molar-refractivity contribution in [3.8, 4) is 22.8 Å². The average molecular weight is 561 g/mol. The van der Waals surface area contributed by atoms with Gasteiger partial charge >= 0.3 is 0 Å². The molecule has 4 heterocycles. The van der Waals surface area contributed by atoms with E-state index >= 15 is 0 Å². The molecule has 1 aromatic carbocycles. The van der Waals surface area contributed by atoms with Gasteiger partial charge in [-0.25, -0.2) is 9.97 Å². The zero-order chi connectivity index (χ0) is 26.8. The van der Waals surface area contributed by atoms with Crippen molar-refractivity contribution in [3.05, 3.63) is 54.9 Å². The molecule has 4 aromatic rings. The molecule has 40 heavy (non-hydrogen) atoms. The van der Waals surface area contributed by atoms with Gasteiger partial charge in [0.05, 0.1) is 28.1 Å². The van der Waals surface area contributed by atoms with Gasteiger partial charge < -0.3 is 25.0 Å². The number of piperidine rings is 1. The highest BCUT2D eigenvalue weighted by atomic mass is 32.1. The number of aromatic nitrogens is 3. The number of thiazole rings is 1. The second-order valence-electron chi connectivity index (χ2n) is 10.8. The van der Waals surface area contributed by atoms with Gasteiger partial charge in [0.1, 0.15) is 17.3 Å². The summed E-state index contributed by atoms with van der Waals surface area (Å²) in [6, 6.07) is 14.7. The van der Waals surface area contributed by atoms with Crippen molar-refractivity contribution >= 4 is 32.5 Å². The number of hydrogen-bond donors (Lipinski definition) is 2. The SMILES string of the molecule is C.CN(C)C1CCN(c2cc(-c3cc(Oc4ccc5nc(N[C@@H]6CCCC[C@H]6O)sc5c4)ccn3)ccn2)CC1. The van der Waals surface area contributed by atoms with Crippen LogP contribution in [0.3, 0.4) is 0 Å². The third-order valence-corrected chi connectivity index (χ3v) is 8.87. The molecule has 2 atom stereocenters. The lowest BCUT2D eigenvalue weighted by atomic mass is 9.93. The van der Waals surface area contributed by atoms with Crippen LogP contribution in [0.5, 0.6) is 11.5 Å². The van der Waals surface area contributed by atoms with Crippen molar-refractivity contribution in [2.75, 3.05) is 37.4 Å². The fourth-order valence-corrected chi connectivity index (χ4v) is 6.55. The van der Waals surface area contributed by atoms with Crippen LogP contribution in [0.15, 0.2) is 54.9 Å². The van der Waals surface area contributed by atoms with E-state index in [-0.39, 0.29) is 19.6 Å². The Bertz CT molecular complexity index is 1420. The van der Waals surface area contributed by atoms with Crippen molar-refractivity contribution in [1.29, 1.82) is 0 Å². The average Bonchev–Trinajstić information content (AvgIpc) is 3.36. The quantitative estimate of drug-likeness (QED) is 0.268. The number of anilines is 2. The van der Waals surface area contributed by atoms with E-state index in [1.54, 1.807) is 17.5 Å². The maximum atomic E-state index is 10.3. The highest BCUT2D eigenvalue weighted by molar-refractivity contribution is 7.22. The number of nitrogens with zero attached hydrogens (tertiary/aromatic N) is 5. The van der Waals surface area contributed by atoms with E-state index in [0.29, 0.717) is 6.04 Å². The van der Waals surface area contributed by atoms with Crippen molar-refractivity contribution in [2.45, 2.75) is 64.1 Å². The first-order valence-electron chi connectivity index (χ1n) is 13.9. The Hall–Kier alpha value is -3.27. The molecule has 2 N–H and O–H groups in total. The summed E-state index contributed by atoms with van der Waals surface area (Å²) in [6.07, 6.45) is 9.70. The number of rotatable bonds is 7. The van der Waals surface area contributed by atoms with E-state index in [2.05, 4.69) is 45.2 Å². The van der Waals surface area contributed by atoms with Crippen LogP contribution in [0.1, 0.15) is 46.0 Å². The summed E-state index contributed by atoms with van der Waals surface area (Å²) in [5.74, 6) is 2.49. The van der Waals surface area contributed by atoms with Gasteiger partial charge in [-0.1, -0.05) is 31.6 Å². The van der Waals surface area contributed by atoms with E-state index in [4.69, 9.17) is 9.72 Å². The van der Waals surface area contributed by atoms with Gasteiger partial charge in [-0.2, -0.15) is 0 Å². The monoisotopic (exact) mass is 560 g/mol. The second kappa shape index (κ2) is 12.5. The molecule has 3 aromatic heterocycles. The van der Waals surface area contributed by atoms with Gasteiger partial charge in [-0.3, -0.25) is 4.98 Å². The minimum atomic E-state index is -0.308. The highest BCUT2D eigenvalue weighted by Gasteiger charge is 2.24. The van der Waals surface area contributed by atoms with Crippen LogP contribution in [0.25, 0.3) is 21.5 Å². The highest BCUT2D eigenvalue weighted by Crippen LogP contribution is 2.34. The Labute approximate surface area is 241 Å². The summed E-state index contributed by atoms with van der Waals surface area (Å²) >= 11 is 1.59. The normalized spacial score (nSPS) is 19.9. The number of hydrogen-bond acceptors (Lipinski definition) is 9. The fraction of sp³-hybridized carbons (Fsp3) is 0.452. The fourth-order valence-electron chi connectivity index (χ4n) is 5.60. The lowest BCUT2D eigenvalue weighted by Crippen LogP contribution is -2.42. The summed E-state index contributed by atoms with van der Waals surface area (Å²) in [5, 5.41) is 14.6. The van der Waals surface area contributed by atoms with Gasteiger partial charge in [0.2, 0.25) is 0 Å². The van der Waals surface area contributed by atoms with Crippen LogP contribution >= 0.6 is 11.3 Å². The van der Waals surface area contributed by atoms with E-state index in [1.807, 2.05) is 42.6 Å². The Balaban J connectivity index is 0.00000323. The number of benzene rings is 1. The molecule has 1 aliphatic heterocycles. The van der Waals surface area contributed by atoms with Crippen LogP contribution in [-0.4, -0.2) is 70.3 Å². The maximum absolute atomic E-state index is 10.3. The predicted molar refractivity (Wildman–Crippen MR) is 165 cm³/mol. The molecule has 0 spiro atoms. The molecule has 1 saturated carbocycles. The van der Waals surface area contributed by atoms with Gasteiger partial charge in [-0.15, -0.1) is 0 Å². The van der Waals surface area contributed by atoms with Crippen molar-refractivity contribution < 1.29 is 9.84 Å². The number of fused-ring (bicyclic) bond motifs is 1. The molecule has 212 valence electrons. The van der Waals surface area contributed by atoms with E-state index < -0.39 is 0 Å². The van der Waals surface area contributed by atoms with E-state index in [1.165, 1.54) is 0 Å². The zero-order valence-electron chi connectivity index (χ0n) is 22.6. The minimum Gasteiger partial charge on any atom is -0.457 e. The number of pyridine rings is 2. The minimum absolute atomic E-state index is 0. The van der Waals surface area contributed by atoms with Gasteiger partial charge in [0, 0.05) is 49.2 Å². The summed E-state index contributed by atoms with van der Waals surface area (Å²) in [6.45, 7) is 2.02. The van der Waals surface area contributed by atoms with Crippen LogP contribution < -0.4 is 15.0 Å². The molecule has 1 saturated heterocycles. The van der Waals surface area contributed by atoms with Gasteiger partial charge in [-0.05, 0) is 70.1 Å². The molecule has 6 rings (SSSR count). The smallest absolute Gasteiger partial charge is 0.184 e. The topological polar surface area (TPSA) is 86.6 Å². The van der Waals surface area contributed by atoms with Crippen LogP contribution in [-0.2, 0) is 0 Å². The van der Waals surface area contributed by atoms with Crippen molar-refractivity contribution in [1.82, 2.24) is 19.9 Å². The van der Waals surface area contributed by atoms with Crippen LogP contribution in [0.4, 0.5) is 10.9 Å². The predicted octanol–water partition coefficient (Wildman–Crippen LogP) is 6.43.